The number of likely N-dealkylation sites (tertiary alicyclic amines) is 1. The summed E-state index contributed by atoms with van der Waals surface area (Å²) in [4.78, 5) is 14.6. The predicted molar refractivity (Wildman–Crippen MR) is 99.3 cm³/mol. The molecule has 0 spiro atoms. The first-order chi connectivity index (χ1) is 10.4. The molecule has 2 unspecified atom stereocenters. The van der Waals surface area contributed by atoms with Crippen molar-refractivity contribution < 1.29 is 4.79 Å². The Hall–Kier alpha value is -1.10. The molecule has 5 heteroatoms. The van der Waals surface area contributed by atoms with Crippen molar-refractivity contribution in [3.05, 3.63) is 28.8 Å². The maximum Gasteiger partial charge on any atom is 0.238 e. The molecule has 3 N–H and O–H groups in total. The molecular formula is C18H30ClN3O. The summed E-state index contributed by atoms with van der Waals surface area (Å²) in [7, 11) is 0. The summed E-state index contributed by atoms with van der Waals surface area (Å²) in [6.45, 7) is 10.6. The summed E-state index contributed by atoms with van der Waals surface area (Å²) in [6, 6.07) is 4.41. The maximum atomic E-state index is 12.4. The van der Waals surface area contributed by atoms with Crippen LogP contribution in [0.25, 0.3) is 0 Å². The van der Waals surface area contributed by atoms with Crippen molar-refractivity contribution in [2.75, 3.05) is 25.0 Å². The second-order valence-corrected chi connectivity index (χ2v) is 6.82. The Morgan fingerprint density at radius 3 is 2.52 bits per heavy atom. The largest absolute Gasteiger partial charge is 0.328 e. The normalized spacial score (nSPS) is 19.8. The van der Waals surface area contributed by atoms with E-state index in [-0.39, 0.29) is 24.4 Å². The summed E-state index contributed by atoms with van der Waals surface area (Å²) in [6.07, 6.45) is 2.30. The molecule has 23 heavy (non-hydrogen) atoms. The lowest BCUT2D eigenvalue weighted by atomic mass is 9.92. The number of nitrogens with two attached hydrogens (primary N) is 1. The first-order valence-corrected chi connectivity index (χ1v) is 8.22. The van der Waals surface area contributed by atoms with Crippen LogP contribution in [-0.2, 0) is 4.79 Å². The summed E-state index contributed by atoms with van der Waals surface area (Å²) in [5, 5.41) is 3.09. The Kier molecular flexibility index (Phi) is 7.52. The van der Waals surface area contributed by atoms with Crippen LogP contribution in [-0.4, -0.2) is 36.5 Å². The molecule has 0 radical (unpaired) electrons. The van der Waals surface area contributed by atoms with Crippen molar-refractivity contribution in [3.63, 3.8) is 0 Å². The standard InChI is InChI=1S/C18H29N3O.ClH/c1-12-8-13(2)18(14(3)9-12)20-17(22)11-21-7-5-6-16(10-21)15(4)19;/h8-9,15-16H,5-7,10-11,19H2,1-4H3,(H,20,22);1H. The minimum atomic E-state index is 0. The molecule has 0 saturated carbocycles. The highest BCUT2D eigenvalue weighted by atomic mass is 35.5. The Balaban J connectivity index is 0.00000264. The summed E-state index contributed by atoms with van der Waals surface area (Å²) in [5.74, 6) is 0.574. The fraction of sp³-hybridized carbons (Fsp3) is 0.611. The highest BCUT2D eigenvalue weighted by Crippen LogP contribution is 2.22. The molecule has 1 aromatic rings. The Labute approximate surface area is 146 Å². The lowest BCUT2D eigenvalue weighted by Crippen LogP contribution is -2.45. The van der Waals surface area contributed by atoms with Crippen LogP contribution in [0, 0.1) is 26.7 Å². The zero-order chi connectivity index (χ0) is 16.3. The average molecular weight is 340 g/mol. The summed E-state index contributed by atoms with van der Waals surface area (Å²) in [5.41, 5.74) is 10.4. The number of carbonyl (C=O) groups excluding carboxylic acids is 1. The molecule has 0 aromatic heterocycles. The van der Waals surface area contributed by atoms with Gasteiger partial charge in [-0.3, -0.25) is 9.69 Å². The molecule has 130 valence electrons. The Bertz CT molecular complexity index is 522. The van der Waals surface area contributed by atoms with Crippen molar-refractivity contribution in [3.8, 4) is 0 Å². The van der Waals surface area contributed by atoms with E-state index in [1.54, 1.807) is 0 Å². The van der Waals surface area contributed by atoms with Gasteiger partial charge < -0.3 is 11.1 Å². The van der Waals surface area contributed by atoms with Gasteiger partial charge in [0.25, 0.3) is 0 Å². The van der Waals surface area contributed by atoms with Crippen LogP contribution in [0.5, 0.6) is 0 Å². The van der Waals surface area contributed by atoms with Gasteiger partial charge in [0.05, 0.1) is 6.54 Å². The van der Waals surface area contributed by atoms with Gasteiger partial charge >= 0.3 is 0 Å². The van der Waals surface area contributed by atoms with Gasteiger partial charge in [0.1, 0.15) is 0 Å². The van der Waals surface area contributed by atoms with Crippen molar-refractivity contribution in [1.82, 2.24) is 4.90 Å². The van der Waals surface area contributed by atoms with Gasteiger partial charge in [0.2, 0.25) is 5.91 Å². The number of anilines is 1. The SMILES string of the molecule is Cc1cc(C)c(NC(=O)CN2CCCC(C(C)N)C2)c(C)c1.Cl. The molecule has 2 atom stereocenters. The van der Waals surface area contributed by atoms with E-state index in [0.29, 0.717) is 12.5 Å². The highest BCUT2D eigenvalue weighted by molar-refractivity contribution is 5.93. The number of nitrogens with one attached hydrogen (secondary N) is 1. The van der Waals surface area contributed by atoms with Gasteiger partial charge in [0, 0.05) is 18.3 Å². The van der Waals surface area contributed by atoms with Crippen molar-refractivity contribution >= 4 is 24.0 Å². The third-order valence-corrected chi connectivity index (χ3v) is 4.59. The second-order valence-electron chi connectivity index (χ2n) is 6.82. The molecule has 2 rings (SSSR count). The number of carbonyl (C=O) groups is 1. The fourth-order valence-corrected chi connectivity index (χ4v) is 3.42. The van der Waals surface area contributed by atoms with Crippen LogP contribution in [0.1, 0.15) is 36.5 Å². The number of halogens is 1. The van der Waals surface area contributed by atoms with Crippen LogP contribution >= 0.6 is 12.4 Å². The van der Waals surface area contributed by atoms with Gasteiger partial charge in [-0.2, -0.15) is 0 Å². The number of amides is 1. The summed E-state index contributed by atoms with van der Waals surface area (Å²) >= 11 is 0. The lowest BCUT2D eigenvalue weighted by molar-refractivity contribution is -0.117. The first kappa shape index (κ1) is 19.9. The number of benzene rings is 1. The molecule has 1 aliphatic rings. The number of hydrogen-bond acceptors (Lipinski definition) is 3. The van der Waals surface area contributed by atoms with Crippen LogP contribution in [0.4, 0.5) is 5.69 Å². The minimum absolute atomic E-state index is 0. The second kappa shape index (κ2) is 8.67. The van der Waals surface area contributed by atoms with Crippen molar-refractivity contribution in [1.29, 1.82) is 0 Å². The molecule has 0 bridgehead atoms. The van der Waals surface area contributed by atoms with Crippen LogP contribution in [0.3, 0.4) is 0 Å². The number of nitrogens with zero attached hydrogens (tertiary/aromatic N) is 1. The van der Waals surface area contributed by atoms with E-state index in [2.05, 4.69) is 36.2 Å². The van der Waals surface area contributed by atoms with E-state index < -0.39 is 0 Å². The molecule has 1 heterocycles. The van der Waals surface area contributed by atoms with Gasteiger partial charge in [-0.1, -0.05) is 17.7 Å². The molecule has 1 aromatic carbocycles. The van der Waals surface area contributed by atoms with E-state index in [1.807, 2.05) is 13.8 Å². The number of rotatable bonds is 4. The number of hydrogen-bond donors (Lipinski definition) is 2. The molecule has 1 saturated heterocycles. The van der Waals surface area contributed by atoms with Crippen molar-refractivity contribution in [2.24, 2.45) is 11.7 Å². The van der Waals surface area contributed by atoms with E-state index in [4.69, 9.17) is 5.73 Å². The van der Waals surface area contributed by atoms with E-state index >= 15 is 0 Å². The lowest BCUT2D eigenvalue weighted by Gasteiger charge is -2.34. The molecular weight excluding hydrogens is 310 g/mol. The molecule has 4 nitrogen and oxygen atoms in total. The average Bonchev–Trinajstić information content (AvgIpc) is 2.43. The van der Waals surface area contributed by atoms with E-state index in [1.165, 1.54) is 12.0 Å². The predicted octanol–water partition coefficient (Wildman–Crippen LogP) is 3.03. The number of aryl methyl sites for hydroxylation is 3. The molecule has 1 fully saturated rings. The third kappa shape index (κ3) is 5.48. The topological polar surface area (TPSA) is 58.4 Å². The molecule has 1 aliphatic heterocycles. The van der Waals surface area contributed by atoms with Gasteiger partial charge in [-0.05, 0) is 64.1 Å². The van der Waals surface area contributed by atoms with Gasteiger partial charge in [-0.15, -0.1) is 12.4 Å². The van der Waals surface area contributed by atoms with Crippen molar-refractivity contribution in [2.45, 2.75) is 46.6 Å². The maximum absolute atomic E-state index is 12.4. The van der Waals surface area contributed by atoms with E-state index in [9.17, 15) is 4.79 Å². The third-order valence-electron chi connectivity index (χ3n) is 4.59. The quantitative estimate of drug-likeness (QED) is 0.886. The summed E-state index contributed by atoms with van der Waals surface area (Å²) < 4.78 is 0. The zero-order valence-electron chi connectivity index (χ0n) is 14.7. The minimum Gasteiger partial charge on any atom is -0.328 e. The smallest absolute Gasteiger partial charge is 0.238 e. The van der Waals surface area contributed by atoms with Crippen LogP contribution in [0.15, 0.2) is 12.1 Å². The van der Waals surface area contributed by atoms with Crippen LogP contribution < -0.4 is 11.1 Å². The Morgan fingerprint density at radius 1 is 1.35 bits per heavy atom. The first-order valence-electron chi connectivity index (χ1n) is 8.22. The Morgan fingerprint density at radius 2 is 1.96 bits per heavy atom. The molecule has 1 amide bonds. The van der Waals surface area contributed by atoms with E-state index in [0.717, 1.165) is 36.3 Å². The van der Waals surface area contributed by atoms with Gasteiger partial charge in [0.15, 0.2) is 0 Å². The molecule has 0 aliphatic carbocycles. The number of piperidine rings is 1. The van der Waals surface area contributed by atoms with Crippen LogP contribution in [0.2, 0.25) is 0 Å². The van der Waals surface area contributed by atoms with Gasteiger partial charge in [-0.25, -0.2) is 0 Å². The highest BCUT2D eigenvalue weighted by Gasteiger charge is 2.24. The monoisotopic (exact) mass is 339 g/mol. The zero-order valence-corrected chi connectivity index (χ0v) is 15.5. The fourth-order valence-electron chi connectivity index (χ4n) is 3.42.